The molecule has 11 heteroatoms. The highest BCUT2D eigenvalue weighted by Crippen LogP contribution is 2.51. The lowest BCUT2D eigenvalue weighted by Crippen LogP contribution is -2.50. The summed E-state index contributed by atoms with van der Waals surface area (Å²) in [6, 6.07) is 3.46. The van der Waals surface area contributed by atoms with Crippen molar-refractivity contribution < 1.29 is 23.0 Å². The molecule has 1 amide bonds. The number of piperidine rings is 1. The first-order valence-corrected chi connectivity index (χ1v) is 14.9. The van der Waals surface area contributed by atoms with Crippen molar-refractivity contribution >= 4 is 29.3 Å². The standard InChI is InChI=1S/C28H34ClF2N3O4S/c1-15-9-22(39-4)20(26(36)33-15)13-32-25(35)19-10-21(29)24-23(16(19)2)37-27(3,38-24)18-5-7-34(8-6-18)14-17-11-28(30,31)12-17/h9-10,17-18H,5-8,11-14H2,1-4H3,(H,32,35)(H,33,36)/t27-/m0/s1. The van der Waals surface area contributed by atoms with E-state index < -0.39 is 11.7 Å². The third-order valence-electron chi connectivity index (χ3n) is 8.19. The van der Waals surface area contributed by atoms with Gasteiger partial charge in [0.25, 0.3) is 17.3 Å². The number of aromatic nitrogens is 1. The smallest absolute Gasteiger partial charge is 0.254 e. The Balaban J connectivity index is 1.25. The molecule has 212 valence electrons. The second-order valence-electron chi connectivity index (χ2n) is 11.1. The number of carbonyl (C=O) groups excluding carboxylic acids is 1. The lowest BCUT2D eigenvalue weighted by molar-refractivity contribution is -0.134. The van der Waals surface area contributed by atoms with Gasteiger partial charge < -0.3 is 24.7 Å². The summed E-state index contributed by atoms with van der Waals surface area (Å²) in [4.78, 5) is 31.5. The molecule has 2 aliphatic heterocycles. The number of aromatic amines is 1. The van der Waals surface area contributed by atoms with Gasteiger partial charge in [0.1, 0.15) is 0 Å². The van der Waals surface area contributed by atoms with Gasteiger partial charge in [0.2, 0.25) is 5.92 Å². The Hall–Kier alpha value is -2.30. The lowest BCUT2D eigenvalue weighted by atomic mass is 9.80. The number of amides is 1. The fourth-order valence-corrected chi connectivity index (χ4v) is 6.91. The topological polar surface area (TPSA) is 83.7 Å². The number of likely N-dealkylation sites (tertiary alicyclic amines) is 1. The van der Waals surface area contributed by atoms with Crippen LogP contribution in [0.25, 0.3) is 0 Å². The zero-order valence-corrected chi connectivity index (χ0v) is 24.2. The molecule has 3 heterocycles. The number of ether oxygens (including phenoxy) is 2. The van der Waals surface area contributed by atoms with Crippen molar-refractivity contribution in [1.82, 2.24) is 15.2 Å². The van der Waals surface area contributed by atoms with Crippen molar-refractivity contribution in [3.8, 4) is 11.5 Å². The first-order valence-electron chi connectivity index (χ1n) is 13.3. The van der Waals surface area contributed by atoms with E-state index in [1.54, 1.807) is 13.0 Å². The summed E-state index contributed by atoms with van der Waals surface area (Å²) in [7, 11) is 0. The SMILES string of the molecule is CSc1cc(C)[nH]c(=O)c1CNC(=O)c1cc(Cl)c2c(c1C)O[C@](C)(C1CCN(CC3CC(F)(F)C3)CC1)O2. The molecular weight excluding hydrogens is 548 g/mol. The maximum absolute atomic E-state index is 13.2. The molecule has 2 N–H and O–H groups in total. The van der Waals surface area contributed by atoms with Gasteiger partial charge in [-0.2, -0.15) is 0 Å². The van der Waals surface area contributed by atoms with Crippen LogP contribution in [0.3, 0.4) is 0 Å². The van der Waals surface area contributed by atoms with Crippen LogP contribution in [0.2, 0.25) is 5.02 Å². The van der Waals surface area contributed by atoms with Gasteiger partial charge >= 0.3 is 0 Å². The second-order valence-corrected chi connectivity index (χ2v) is 12.4. The predicted octanol–water partition coefficient (Wildman–Crippen LogP) is 5.54. The summed E-state index contributed by atoms with van der Waals surface area (Å²) >= 11 is 8.03. The fourth-order valence-electron chi connectivity index (χ4n) is 5.97. The molecule has 1 atom stereocenters. The average molecular weight is 582 g/mol. The first-order chi connectivity index (χ1) is 18.4. The van der Waals surface area contributed by atoms with Crippen LogP contribution in [-0.4, -0.2) is 53.4 Å². The molecule has 0 spiro atoms. The maximum Gasteiger partial charge on any atom is 0.254 e. The van der Waals surface area contributed by atoms with Crippen LogP contribution in [0.15, 0.2) is 21.8 Å². The summed E-state index contributed by atoms with van der Waals surface area (Å²) in [5.41, 5.74) is 1.99. The van der Waals surface area contributed by atoms with Crippen molar-refractivity contribution in [3.63, 3.8) is 0 Å². The summed E-state index contributed by atoms with van der Waals surface area (Å²) in [6.45, 7) is 7.87. The number of H-pyrrole nitrogens is 1. The van der Waals surface area contributed by atoms with Crippen molar-refractivity contribution in [1.29, 1.82) is 0 Å². The highest BCUT2D eigenvalue weighted by Gasteiger charge is 2.49. The number of hydrogen-bond donors (Lipinski definition) is 2. The highest BCUT2D eigenvalue weighted by molar-refractivity contribution is 7.98. The van der Waals surface area contributed by atoms with Crippen LogP contribution in [0.4, 0.5) is 8.78 Å². The van der Waals surface area contributed by atoms with E-state index in [1.807, 2.05) is 26.2 Å². The monoisotopic (exact) mass is 581 g/mol. The van der Waals surface area contributed by atoms with Crippen LogP contribution in [0, 0.1) is 25.7 Å². The number of carbonyl (C=O) groups is 1. The number of rotatable bonds is 7. The largest absolute Gasteiger partial charge is 0.448 e. The quantitative estimate of drug-likeness (QED) is 0.418. The molecule has 0 unspecified atom stereocenters. The van der Waals surface area contributed by atoms with E-state index >= 15 is 0 Å². The normalized spacial score (nSPS) is 23.1. The van der Waals surface area contributed by atoms with Crippen LogP contribution >= 0.6 is 23.4 Å². The van der Waals surface area contributed by atoms with Gasteiger partial charge in [-0.1, -0.05) is 11.6 Å². The molecule has 5 rings (SSSR count). The zero-order chi connectivity index (χ0) is 28.1. The van der Waals surface area contributed by atoms with Gasteiger partial charge in [-0.05, 0) is 64.1 Å². The second kappa shape index (κ2) is 10.6. The molecule has 2 aromatic rings. The molecule has 0 bridgehead atoms. The summed E-state index contributed by atoms with van der Waals surface area (Å²) in [5.74, 6) is -2.77. The van der Waals surface area contributed by atoms with Gasteiger partial charge in [0.15, 0.2) is 11.5 Å². The van der Waals surface area contributed by atoms with E-state index in [0.717, 1.165) is 36.5 Å². The van der Waals surface area contributed by atoms with E-state index in [1.165, 1.54) is 11.8 Å². The Labute approximate surface area is 236 Å². The number of nitrogens with one attached hydrogen (secondary N) is 2. The number of thioether (sulfide) groups is 1. The van der Waals surface area contributed by atoms with Gasteiger partial charge in [0.05, 0.1) is 5.02 Å². The highest BCUT2D eigenvalue weighted by atomic mass is 35.5. The van der Waals surface area contributed by atoms with Crippen LogP contribution < -0.4 is 20.3 Å². The Bertz CT molecular complexity index is 1340. The van der Waals surface area contributed by atoms with Gasteiger partial charge in [-0.3, -0.25) is 9.59 Å². The van der Waals surface area contributed by atoms with Gasteiger partial charge in [-0.25, -0.2) is 8.78 Å². The maximum atomic E-state index is 13.2. The number of nitrogens with zero attached hydrogens (tertiary/aromatic N) is 1. The number of halogens is 3. The molecule has 1 saturated carbocycles. The number of fused-ring (bicyclic) bond motifs is 1. The van der Waals surface area contributed by atoms with Gasteiger partial charge in [-0.15, -0.1) is 11.8 Å². The van der Waals surface area contributed by atoms with E-state index in [0.29, 0.717) is 34.7 Å². The number of pyridine rings is 1. The average Bonchev–Trinajstić information content (AvgIpc) is 3.24. The van der Waals surface area contributed by atoms with E-state index in [9.17, 15) is 18.4 Å². The molecular formula is C28H34ClF2N3O4S. The predicted molar refractivity (Wildman–Crippen MR) is 147 cm³/mol. The molecule has 2 fully saturated rings. The molecule has 1 saturated heterocycles. The summed E-state index contributed by atoms with van der Waals surface area (Å²) in [5, 5.41) is 3.13. The molecule has 39 heavy (non-hydrogen) atoms. The molecule has 1 aromatic carbocycles. The Kier molecular flexibility index (Phi) is 7.67. The molecule has 3 aliphatic rings. The Morgan fingerprint density at radius 2 is 1.87 bits per heavy atom. The molecule has 7 nitrogen and oxygen atoms in total. The van der Waals surface area contributed by atoms with Crippen molar-refractivity contribution in [2.24, 2.45) is 11.8 Å². The zero-order valence-electron chi connectivity index (χ0n) is 22.6. The van der Waals surface area contributed by atoms with Crippen LogP contribution in [0.5, 0.6) is 11.5 Å². The lowest BCUT2D eigenvalue weighted by Gasteiger charge is -2.42. The Morgan fingerprint density at radius 1 is 1.21 bits per heavy atom. The van der Waals surface area contributed by atoms with E-state index in [-0.39, 0.29) is 47.7 Å². The third-order valence-corrected chi connectivity index (χ3v) is 9.27. The van der Waals surface area contributed by atoms with Crippen molar-refractivity contribution in [3.05, 3.63) is 49.9 Å². The first kappa shape index (κ1) is 28.2. The number of alkyl halides is 2. The Morgan fingerprint density at radius 3 is 2.51 bits per heavy atom. The summed E-state index contributed by atoms with van der Waals surface area (Å²) < 4.78 is 39.1. The van der Waals surface area contributed by atoms with Crippen molar-refractivity contribution in [2.45, 2.75) is 69.6 Å². The minimum atomic E-state index is -2.49. The third kappa shape index (κ3) is 5.65. The van der Waals surface area contributed by atoms with E-state index in [4.69, 9.17) is 21.1 Å². The van der Waals surface area contributed by atoms with Crippen LogP contribution in [-0.2, 0) is 6.54 Å². The fraction of sp³-hybridized carbons (Fsp3) is 0.571. The van der Waals surface area contributed by atoms with Gasteiger partial charge in [0, 0.05) is 66.1 Å². The number of hydrogen-bond acceptors (Lipinski definition) is 6. The summed E-state index contributed by atoms with van der Waals surface area (Å²) in [6.07, 6.45) is 3.47. The van der Waals surface area contributed by atoms with Crippen molar-refractivity contribution in [2.75, 3.05) is 25.9 Å². The van der Waals surface area contributed by atoms with Crippen LogP contribution in [0.1, 0.15) is 59.8 Å². The minimum absolute atomic E-state index is 0.0138. The minimum Gasteiger partial charge on any atom is -0.448 e. The number of aryl methyl sites for hydroxylation is 1. The van der Waals surface area contributed by atoms with E-state index in [2.05, 4.69) is 15.2 Å². The molecule has 1 aliphatic carbocycles. The molecule has 0 radical (unpaired) electrons. The number of benzene rings is 1. The molecule has 1 aromatic heterocycles.